The van der Waals surface area contributed by atoms with E-state index in [2.05, 4.69) is 5.32 Å². The molecule has 1 amide bonds. The second kappa shape index (κ2) is 8.42. The summed E-state index contributed by atoms with van der Waals surface area (Å²) in [6, 6.07) is 11.9. The zero-order valence-electron chi connectivity index (χ0n) is 14.8. The first-order valence-corrected chi connectivity index (χ1v) is 10.2. The molecule has 8 heteroatoms. The molecular weight excluding hydrogens is 376 g/mol. The Morgan fingerprint density at radius 1 is 1.23 bits per heavy atom. The molecule has 0 saturated carbocycles. The molecular formula is C18H21ClN2O4S. The van der Waals surface area contributed by atoms with Crippen LogP contribution in [0.1, 0.15) is 22.8 Å². The van der Waals surface area contributed by atoms with Crippen LogP contribution in [-0.2, 0) is 16.6 Å². The first-order valence-electron chi connectivity index (χ1n) is 7.96. The van der Waals surface area contributed by atoms with E-state index in [-0.39, 0.29) is 17.1 Å². The molecule has 2 aromatic rings. The Labute approximate surface area is 158 Å². The molecule has 0 aliphatic rings. The molecule has 0 unspecified atom stereocenters. The van der Waals surface area contributed by atoms with Crippen LogP contribution in [-0.4, -0.2) is 34.2 Å². The fourth-order valence-electron chi connectivity index (χ4n) is 2.29. The van der Waals surface area contributed by atoms with Crippen molar-refractivity contribution in [3.8, 4) is 5.75 Å². The van der Waals surface area contributed by atoms with Crippen molar-refractivity contribution in [1.82, 2.24) is 5.32 Å². The van der Waals surface area contributed by atoms with Crippen molar-refractivity contribution in [2.45, 2.75) is 13.5 Å². The number of rotatable bonds is 7. The lowest BCUT2D eigenvalue weighted by Crippen LogP contribution is -2.26. The minimum absolute atomic E-state index is 0.202. The highest BCUT2D eigenvalue weighted by atomic mass is 35.5. The fourth-order valence-corrected chi connectivity index (χ4v) is 2.99. The Balaban J connectivity index is 2.20. The molecule has 0 fully saturated rings. The van der Waals surface area contributed by atoms with Crippen molar-refractivity contribution in [1.29, 1.82) is 0 Å². The maximum atomic E-state index is 12.5. The van der Waals surface area contributed by atoms with Gasteiger partial charge in [-0.3, -0.25) is 9.10 Å². The summed E-state index contributed by atoms with van der Waals surface area (Å²) in [6.45, 7) is 2.67. The van der Waals surface area contributed by atoms with E-state index in [0.717, 1.165) is 16.1 Å². The van der Waals surface area contributed by atoms with E-state index in [0.29, 0.717) is 18.0 Å². The molecule has 0 saturated heterocycles. The van der Waals surface area contributed by atoms with E-state index in [9.17, 15) is 13.2 Å². The van der Waals surface area contributed by atoms with E-state index < -0.39 is 15.9 Å². The average Bonchev–Trinajstić information content (AvgIpc) is 2.60. The van der Waals surface area contributed by atoms with Crippen LogP contribution < -0.4 is 14.4 Å². The van der Waals surface area contributed by atoms with E-state index in [1.807, 2.05) is 31.2 Å². The molecule has 0 aliphatic heterocycles. The highest BCUT2D eigenvalue weighted by molar-refractivity contribution is 7.92. The Bertz CT molecular complexity index is 900. The first kappa shape index (κ1) is 20.1. The van der Waals surface area contributed by atoms with E-state index in [4.69, 9.17) is 16.3 Å². The lowest BCUT2D eigenvalue weighted by Gasteiger charge is -2.18. The number of nitrogens with zero attached hydrogens (tertiary/aromatic N) is 1. The lowest BCUT2D eigenvalue weighted by molar-refractivity contribution is 0.0951. The molecule has 2 aromatic carbocycles. The second-order valence-corrected chi connectivity index (χ2v) is 8.04. The standard InChI is InChI=1S/C18H21ClN2O4S/c1-4-25-17-8-6-5-7-13(17)12-20-18(22)15-11-14(9-10-16(15)19)21(2)26(3,23)24/h5-11H,4,12H2,1-3H3,(H,20,22). The number of halogens is 1. The predicted molar refractivity (Wildman–Crippen MR) is 103 cm³/mol. The van der Waals surface area contributed by atoms with Gasteiger partial charge >= 0.3 is 0 Å². The summed E-state index contributed by atoms with van der Waals surface area (Å²) < 4.78 is 30.0. The topological polar surface area (TPSA) is 75.7 Å². The second-order valence-electron chi connectivity index (χ2n) is 5.62. The van der Waals surface area contributed by atoms with Crippen molar-refractivity contribution in [2.24, 2.45) is 0 Å². The normalized spacial score (nSPS) is 11.1. The Morgan fingerprint density at radius 3 is 2.58 bits per heavy atom. The number of hydrogen-bond acceptors (Lipinski definition) is 4. The molecule has 0 spiro atoms. The molecule has 0 aromatic heterocycles. The van der Waals surface area contributed by atoms with E-state index >= 15 is 0 Å². The van der Waals surface area contributed by atoms with Gasteiger partial charge in [-0.25, -0.2) is 8.42 Å². The maximum Gasteiger partial charge on any atom is 0.253 e. The summed E-state index contributed by atoms with van der Waals surface area (Å²) in [7, 11) is -2.02. The van der Waals surface area contributed by atoms with Crippen molar-refractivity contribution < 1.29 is 17.9 Å². The molecule has 2 rings (SSSR count). The number of nitrogens with one attached hydrogen (secondary N) is 1. The third kappa shape index (κ3) is 4.89. The van der Waals surface area contributed by atoms with E-state index in [1.165, 1.54) is 19.2 Å². The lowest BCUT2D eigenvalue weighted by atomic mass is 10.1. The molecule has 26 heavy (non-hydrogen) atoms. The van der Waals surface area contributed by atoms with E-state index in [1.54, 1.807) is 6.07 Å². The fraction of sp³-hybridized carbons (Fsp3) is 0.278. The van der Waals surface area contributed by atoms with Gasteiger partial charge in [0.25, 0.3) is 5.91 Å². The summed E-state index contributed by atoms with van der Waals surface area (Å²) in [5.41, 5.74) is 1.40. The summed E-state index contributed by atoms with van der Waals surface area (Å²) in [6.07, 6.45) is 1.09. The number of amides is 1. The SMILES string of the molecule is CCOc1ccccc1CNC(=O)c1cc(N(C)S(C)(=O)=O)ccc1Cl. The Morgan fingerprint density at radius 2 is 1.92 bits per heavy atom. The van der Waals surface area contributed by atoms with Gasteiger partial charge in [0.05, 0.1) is 29.1 Å². The quantitative estimate of drug-likeness (QED) is 0.780. The smallest absolute Gasteiger partial charge is 0.253 e. The maximum absolute atomic E-state index is 12.5. The number of carbonyl (C=O) groups excluding carboxylic acids is 1. The number of anilines is 1. The average molecular weight is 397 g/mol. The van der Waals surface area contributed by atoms with Gasteiger partial charge in [0.1, 0.15) is 5.75 Å². The third-order valence-electron chi connectivity index (χ3n) is 3.77. The largest absolute Gasteiger partial charge is 0.494 e. The van der Waals surface area contributed by atoms with Crippen molar-refractivity contribution >= 4 is 33.2 Å². The molecule has 0 radical (unpaired) electrons. The number of para-hydroxylation sites is 1. The predicted octanol–water partition coefficient (Wildman–Crippen LogP) is 3.06. The van der Waals surface area contributed by atoms with Gasteiger partial charge in [0.15, 0.2) is 0 Å². The Hall–Kier alpha value is -2.25. The molecule has 140 valence electrons. The van der Waals surface area contributed by atoms with Crippen molar-refractivity contribution in [3.63, 3.8) is 0 Å². The van der Waals surface area contributed by atoms with Crippen LogP contribution in [0.2, 0.25) is 5.02 Å². The van der Waals surface area contributed by atoms with Crippen molar-refractivity contribution in [2.75, 3.05) is 24.2 Å². The minimum atomic E-state index is -3.44. The van der Waals surface area contributed by atoms with Crippen LogP contribution in [0, 0.1) is 0 Å². The first-order chi connectivity index (χ1) is 12.2. The van der Waals surface area contributed by atoms with Crippen molar-refractivity contribution in [3.05, 3.63) is 58.6 Å². The van der Waals surface area contributed by atoms with Gasteiger partial charge in [-0.1, -0.05) is 29.8 Å². The van der Waals surface area contributed by atoms with Crippen LogP contribution >= 0.6 is 11.6 Å². The van der Waals surface area contributed by atoms with Crippen LogP contribution in [0.15, 0.2) is 42.5 Å². The van der Waals surface area contributed by atoms with Crippen LogP contribution in [0.3, 0.4) is 0 Å². The molecule has 0 heterocycles. The van der Waals surface area contributed by atoms with Gasteiger partial charge in [-0.2, -0.15) is 0 Å². The Kier molecular flexibility index (Phi) is 6.50. The van der Waals surface area contributed by atoms with Gasteiger partial charge < -0.3 is 10.1 Å². The zero-order valence-corrected chi connectivity index (χ0v) is 16.4. The molecule has 0 atom stereocenters. The summed E-state index contributed by atoms with van der Waals surface area (Å²) in [5.74, 6) is 0.303. The van der Waals surface area contributed by atoms with Gasteiger partial charge in [-0.05, 0) is 31.2 Å². The highest BCUT2D eigenvalue weighted by Crippen LogP contribution is 2.24. The molecule has 1 N–H and O–H groups in total. The van der Waals surface area contributed by atoms with Crippen LogP contribution in [0.4, 0.5) is 5.69 Å². The van der Waals surface area contributed by atoms with Gasteiger partial charge in [0.2, 0.25) is 10.0 Å². The van der Waals surface area contributed by atoms with Gasteiger partial charge in [0, 0.05) is 19.2 Å². The number of hydrogen-bond donors (Lipinski definition) is 1. The number of benzene rings is 2. The molecule has 0 bridgehead atoms. The molecule has 6 nitrogen and oxygen atoms in total. The minimum Gasteiger partial charge on any atom is -0.494 e. The third-order valence-corrected chi connectivity index (χ3v) is 5.30. The number of sulfonamides is 1. The summed E-state index contributed by atoms with van der Waals surface area (Å²) in [5, 5.41) is 3.03. The van der Waals surface area contributed by atoms with Crippen LogP contribution in [0.25, 0.3) is 0 Å². The monoisotopic (exact) mass is 396 g/mol. The van der Waals surface area contributed by atoms with Gasteiger partial charge in [-0.15, -0.1) is 0 Å². The summed E-state index contributed by atoms with van der Waals surface area (Å²) in [4.78, 5) is 12.5. The summed E-state index contributed by atoms with van der Waals surface area (Å²) >= 11 is 6.12. The number of ether oxygens (including phenoxy) is 1. The highest BCUT2D eigenvalue weighted by Gasteiger charge is 2.17. The zero-order chi connectivity index (χ0) is 19.3. The van der Waals surface area contributed by atoms with Crippen LogP contribution in [0.5, 0.6) is 5.75 Å². The molecule has 0 aliphatic carbocycles. The number of carbonyl (C=O) groups is 1.